The fourth-order valence-electron chi connectivity index (χ4n) is 2.47. The number of carbonyl (C=O) groups is 1. The number of hydrogen-bond donors (Lipinski definition) is 2. The van der Waals surface area contributed by atoms with Crippen molar-refractivity contribution in [2.45, 2.75) is 18.6 Å². The van der Waals surface area contributed by atoms with E-state index in [-0.39, 0.29) is 6.42 Å². The lowest BCUT2D eigenvalue weighted by atomic mass is 10.2. The van der Waals surface area contributed by atoms with Crippen LogP contribution in [0.5, 0.6) is 0 Å². The Balaban J connectivity index is 1.88. The number of halogens is 3. The molecule has 1 aromatic rings. The molecule has 1 fully saturated rings. The number of nitrogens with zero attached hydrogens (tertiary/aromatic N) is 3. The van der Waals surface area contributed by atoms with Gasteiger partial charge in [-0.25, -0.2) is 0 Å². The van der Waals surface area contributed by atoms with Crippen LogP contribution >= 0.6 is 0 Å². The normalized spacial score (nSPS) is 18.2. The number of hydrogen-bond acceptors (Lipinski definition) is 4. The molecule has 0 bridgehead atoms. The Morgan fingerprint density at radius 2 is 2.14 bits per heavy atom. The minimum Gasteiger partial charge on any atom is -0.354 e. The van der Waals surface area contributed by atoms with Crippen molar-refractivity contribution in [3.05, 3.63) is 18.0 Å². The van der Waals surface area contributed by atoms with Crippen molar-refractivity contribution in [1.29, 1.82) is 0 Å². The van der Waals surface area contributed by atoms with Gasteiger partial charge in [0.2, 0.25) is 5.91 Å². The number of amides is 1. The second kappa shape index (κ2) is 7.10. The summed E-state index contributed by atoms with van der Waals surface area (Å²) in [6.45, 7) is 1.26. The highest BCUT2D eigenvalue weighted by Gasteiger charge is 2.43. The highest BCUT2D eigenvalue weighted by molar-refractivity contribution is 5.78. The Morgan fingerprint density at radius 3 is 2.68 bits per heavy atom. The Kier molecular flexibility index (Phi) is 5.41. The molecule has 0 radical (unpaired) electrons. The third-order valence-electron chi connectivity index (χ3n) is 3.59. The van der Waals surface area contributed by atoms with Crippen LogP contribution in [0, 0.1) is 0 Å². The van der Waals surface area contributed by atoms with Crippen molar-refractivity contribution in [2.24, 2.45) is 7.05 Å². The lowest BCUT2D eigenvalue weighted by Gasteiger charge is -2.35. The van der Waals surface area contributed by atoms with Gasteiger partial charge in [0.05, 0.1) is 12.6 Å². The molecular weight excluding hydrogens is 299 g/mol. The van der Waals surface area contributed by atoms with Gasteiger partial charge in [-0.1, -0.05) is 0 Å². The van der Waals surface area contributed by atoms with Gasteiger partial charge in [0.1, 0.15) is 6.04 Å². The standard InChI is InChI=1S/C13H20F3N5O/c1-20-9-10(7-19-20)6-12(22)18-8-11(13(14,15)16)21-4-2-17-3-5-21/h7,9,11,17H,2-6,8H2,1H3,(H,18,22). The van der Waals surface area contributed by atoms with Crippen LogP contribution in [0.25, 0.3) is 0 Å². The summed E-state index contributed by atoms with van der Waals surface area (Å²) >= 11 is 0. The van der Waals surface area contributed by atoms with Crippen LogP contribution in [0.1, 0.15) is 5.56 Å². The maximum atomic E-state index is 13.2. The fraction of sp³-hybridized carbons (Fsp3) is 0.692. The molecule has 1 aliphatic heterocycles. The van der Waals surface area contributed by atoms with E-state index in [0.717, 1.165) is 0 Å². The molecule has 124 valence electrons. The van der Waals surface area contributed by atoms with Gasteiger partial charge in [-0.3, -0.25) is 14.4 Å². The van der Waals surface area contributed by atoms with Gasteiger partial charge in [0, 0.05) is 46.0 Å². The Morgan fingerprint density at radius 1 is 1.45 bits per heavy atom. The van der Waals surface area contributed by atoms with Crippen molar-refractivity contribution < 1.29 is 18.0 Å². The first-order valence-corrected chi connectivity index (χ1v) is 7.12. The van der Waals surface area contributed by atoms with E-state index in [2.05, 4.69) is 15.7 Å². The van der Waals surface area contributed by atoms with Crippen LogP contribution in [0.15, 0.2) is 12.4 Å². The summed E-state index contributed by atoms with van der Waals surface area (Å²) in [5, 5.41) is 9.32. The maximum Gasteiger partial charge on any atom is 0.405 e. The Bertz CT molecular complexity index is 496. The van der Waals surface area contributed by atoms with Gasteiger partial charge < -0.3 is 10.6 Å². The van der Waals surface area contributed by atoms with Gasteiger partial charge in [-0.2, -0.15) is 18.3 Å². The molecule has 1 aromatic heterocycles. The van der Waals surface area contributed by atoms with E-state index in [4.69, 9.17) is 0 Å². The first-order valence-electron chi connectivity index (χ1n) is 7.12. The highest BCUT2D eigenvalue weighted by atomic mass is 19.4. The van der Waals surface area contributed by atoms with Gasteiger partial charge in [-0.05, 0) is 5.56 Å². The van der Waals surface area contributed by atoms with Crippen LogP contribution < -0.4 is 10.6 Å². The molecule has 1 unspecified atom stereocenters. The summed E-state index contributed by atoms with van der Waals surface area (Å²) in [6.07, 6.45) is -1.15. The van der Waals surface area contributed by atoms with E-state index in [1.165, 1.54) is 11.1 Å². The Hall–Kier alpha value is -1.61. The van der Waals surface area contributed by atoms with E-state index in [9.17, 15) is 18.0 Å². The van der Waals surface area contributed by atoms with Crippen LogP contribution in [-0.2, 0) is 18.3 Å². The molecule has 0 spiro atoms. The molecule has 6 nitrogen and oxygen atoms in total. The summed E-state index contributed by atoms with van der Waals surface area (Å²) in [7, 11) is 1.71. The molecule has 9 heteroatoms. The molecule has 2 N–H and O–H groups in total. The smallest absolute Gasteiger partial charge is 0.354 e. The van der Waals surface area contributed by atoms with E-state index < -0.39 is 24.7 Å². The summed E-state index contributed by atoms with van der Waals surface area (Å²) < 4.78 is 41.0. The van der Waals surface area contributed by atoms with Crippen LogP contribution in [-0.4, -0.2) is 65.5 Å². The summed E-state index contributed by atoms with van der Waals surface area (Å²) in [4.78, 5) is 13.2. The predicted molar refractivity (Wildman–Crippen MR) is 74.2 cm³/mol. The van der Waals surface area contributed by atoms with E-state index >= 15 is 0 Å². The molecular formula is C13H20F3N5O. The zero-order chi connectivity index (χ0) is 16.2. The van der Waals surface area contributed by atoms with Crippen LogP contribution in [0.3, 0.4) is 0 Å². The SMILES string of the molecule is Cn1cc(CC(=O)NCC(N2CCNCC2)C(F)(F)F)cn1. The summed E-state index contributed by atoms with van der Waals surface area (Å²) in [5.41, 5.74) is 0.672. The van der Waals surface area contributed by atoms with E-state index in [1.807, 2.05) is 0 Å². The summed E-state index contributed by atoms with van der Waals surface area (Å²) in [6, 6.07) is -1.65. The van der Waals surface area contributed by atoms with Crippen molar-refractivity contribution in [3.8, 4) is 0 Å². The lowest BCUT2D eigenvalue weighted by Crippen LogP contribution is -2.57. The Labute approximate surface area is 126 Å². The number of aromatic nitrogens is 2. The molecule has 1 amide bonds. The number of aryl methyl sites for hydroxylation is 1. The molecule has 2 heterocycles. The minimum absolute atomic E-state index is 0.0278. The second-order valence-electron chi connectivity index (χ2n) is 5.35. The first kappa shape index (κ1) is 16.8. The largest absolute Gasteiger partial charge is 0.405 e. The molecule has 1 saturated heterocycles. The van der Waals surface area contributed by atoms with Crippen molar-refractivity contribution in [1.82, 2.24) is 25.3 Å². The zero-order valence-electron chi connectivity index (χ0n) is 12.4. The van der Waals surface area contributed by atoms with Crippen molar-refractivity contribution in [2.75, 3.05) is 32.7 Å². The lowest BCUT2D eigenvalue weighted by molar-refractivity contribution is -0.184. The molecule has 1 aliphatic rings. The molecule has 2 rings (SSSR count). The van der Waals surface area contributed by atoms with Gasteiger partial charge in [0.15, 0.2) is 0 Å². The van der Waals surface area contributed by atoms with Gasteiger partial charge in [-0.15, -0.1) is 0 Å². The molecule has 0 aromatic carbocycles. The van der Waals surface area contributed by atoms with Gasteiger partial charge >= 0.3 is 6.18 Å². The van der Waals surface area contributed by atoms with E-state index in [0.29, 0.717) is 31.7 Å². The molecule has 1 atom stereocenters. The predicted octanol–water partition coefficient (Wildman–Crippen LogP) is -0.0851. The average molecular weight is 319 g/mol. The number of piperazine rings is 1. The highest BCUT2D eigenvalue weighted by Crippen LogP contribution is 2.24. The second-order valence-corrected chi connectivity index (χ2v) is 5.35. The molecule has 0 saturated carbocycles. The topological polar surface area (TPSA) is 62.2 Å². The van der Waals surface area contributed by atoms with Gasteiger partial charge in [0.25, 0.3) is 0 Å². The third-order valence-corrected chi connectivity index (χ3v) is 3.59. The van der Waals surface area contributed by atoms with E-state index in [1.54, 1.807) is 17.9 Å². The maximum absolute atomic E-state index is 13.2. The molecule has 22 heavy (non-hydrogen) atoms. The van der Waals surface area contributed by atoms with Crippen LogP contribution in [0.2, 0.25) is 0 Å². The van der Waals surface area contributed by atoms with Crippen LogP contribution in [0.4, 0.5) is 13.2 Å². The molecule has 0 aliphatic carbocycles. The van der Waals surface area contributed by atoms with Crippen molar-refractivity contribution in [3.63, 3.8) is 0 Å². The number of carbonyl (C=O) groups excluding carboxylic acids is 1. The average Bonchev–Trinajstić information content (AvgIpc) is 2.84. The zero-order valence-corrected chi connectivity index (χ0v) is 12.4. The number of rotatable bonds is 5. The fourth-order valence-corrected chi connectivity index (χ4v) is 2.47. The quantitative estimate of drug-likeness (QED) is 0.797. The minimum atomic E-state index is -4.36. The number of nitrogens with one attached hydrogen (secondary N) is 2. The number of alkyl halides is 3. The van der Waals surface area contributed by atoms with Crippen molar-refractivity contribution >= 4 is 5.91 Å². The first-order chi connectivity index (χ1) is 10.4. The summed E-state index contributed by atoms with van der Waals surface area (Å²) in [5.74, 6) is -0.433. The third kappa shape index (κ3) is 4.70. The monoisotopic (exact) mass is 319 g/mol.